The fraction of sp³-hybridized carbons (Fsp3) is 0.667. The van der Waals surface area contributed by atoms with Crippen LogP contribution in [0, 0.1) is 0 Å². The Balaban J connectivity index is 1.58. The van der Waals surface area contributed by atoms with Gasteiger partial charge in [-0.15, -0.1) is 11.3 Å². The van der Waals surface area contributed by atoms with Crippen molar-refractivity contribution in [2.75, 3.05) is 13.1 Å². The molecule has 2 heterocycles. The second-order valence-corrected chi connectivity index (χ2v) is 6.68. The van der Waals surface area contributed by atoms with Crippen LogP contribution in [-0.2, 0) is 24.1 Å². The fourth-order valence-electron chi connectivity index (χ4n) is 2.55. The largest absolute Gasteiger partial charge is 0.341 e. The first-order chi connectivity index (χ1) is 8.22. The zero-order valence-corrected chi connectivity index (χ0v) is 11.4. The summed E-state index contributed by atoms with van der Waals surface area (Å²) in [5.74, 6) is 0.245. The number of nitrogens with zero attached hydrogens (tertiary/aromatic N) is 2. The lowest BCUT2D eigenvalue weighted by atomic mass is 10.3. The molecule has 3 nitrogen and oxygen atoms in total. The monoisotopic (exact) mass is 268 g/mol. The second kappa shape index (κ2) is 4.61. The Labute approximate surface area is 111 Å². The fourth-order valence-corrected chi connectivity index (χ4v) is 4.05. The lowest BCUT2D eigenvalue weighted by Gasteiger charge is -2.14. The van der Waals surface area contributed by atoms with Crippen LogP contribution < -0.4 is 0 Å². The molecular weight excluding hydrogens is 252 g/mol. The molecule has 0 saturated carbocycles. The quantitative estimate of drug-likeness (QED) is 0.847. The third-order valence-corrected chi connectivity index (χ3v) is 4.99. The van der Waals surface area contributed by atoms with Gasteiger partial charge >= 0.3 is 0 Å². The molecule has 1 fully saturated rings. The predicted molar refractivity (Wildman–Crippen MR) is 71.8 cm³/mol. The Hall–Kier alpha value is -0.550. The van der Waals surface area contributed by atoms with Gasteiger partial charge in [-0.25, -0.2) is 4.98 Å². The molecular formula is C12H16N2OS2. The van der Waals surface area contributed by atoms with E-state index in [1.807, 2.05) is 16.2 Å². The molecule has 0 radical (unpaired) electrons. The smallest absolute Gasteiger partial charge is 0.223 e. The molecule has 1 aliphatic carbocycles. The summed E-state index contributed by atoms with van der Waals surface area (Å²) in [6.45, 7) is 1.61. The van der Waals surface area contributed by atoms with Crippen molar-refractivity contribution in [1.82, 2.24) is 9.88 Å². The van der Waals surface area contributed by atoms with Crippen LogP contribution in [0.3, 0.4) is 0 Å². The molecule has 0 spiro atoms. The van der Waals surface area contributed by atoms with Gasteiger partial charge in [0.2, 0.25) is 5.91 Å². The Morgan fingerprint density at radius 1 is 1.47 bits per heavy atom. The Morgan fingerprint density at radius 2 is 2.35 bits per heavy atom. The number of fused-ring (bicyclic) bond motifs is 1. The summed E-state index contributed by atoms with van der Waals surface area (Å²) in [4.78, 5) is 19.7. The number of aromatic nitrogens is 1. The summed E-state index contributed by atoms with van der Waals surface area (Å²) in [5, 5.41) is 1.42. The number of carbonyl (C=O) groups is 1. The average Bonchev–Trinajstić information content (AvgIpc) is 2.89. The van der Waals surface area contributed by atoms with Crippen molar-refractivity contribution in [3.63, 3.8) is 0 Å². The highest BCUT2D eigenvalue weighted by Crippen LogP contribution is 2.28. The molecule has 92 valence electrons. The van der Waals surface area contributed by atoms with Crippen molar-refractivity contribution in [3.8, 4) is 0 Å². The second-order valence-electron chi connectivity index (χ2n) is 4.78. The summed E-state index contributed by atoms with van der Waals surface area (Å²) in [5.41, 5.74) is 1.31. The van der Waals surface area contributed by atoms with E-state index in [1.165, 1.54) is 28.4 Å². The van der Waals surface area contributed by atoms with E-state index in [2.05, 4.69) is 17.6 Å². The highest BCUT2D eigenvalue weighted by atomic mass is 32.1. The molecule has 2 aliphatic rings. The van der Waals surface area contributed by atoms with Crippen LogP contribution in [-0.4, -0.2) is 34.1 Å². The molecule has 1 amide bonds. The number of hydrogen-bond acceptors (Lipinski definition) is 4. The standard InChI is InChI=1S/C12H16N2OS2/c15-12-6-8(16)7-14(12)5-4-11-13-9-2-1-3-10(9)17-11/h8,16H,1-7H2. The van der Waals surface area contributed by atoms with E-state index in [4.69, 9.17) is 0 Å². The van der Waals surface area contributed by atoms with Crippen LogP contribution in [0.1, 0.15) is 28.4 Å². The molecule has 1 aromatic rings. The molecule has 1 aromatic heterocycles. The SMILES string of the molecule is O=C1CC(S)CN1CCc1nc2c(s1)CCC2. The van der Waals surface area contributed by atoms with Crippen LogP contribution in [0.5, 0.6) is 0 Å². The zero-order chi connectivity index (χ0) is 11.8. The number of thiazole rings is 1. The molecule has 3 rings (SSSR count). The van der Waals surface area contributed by atoms with Gasteiger partial charge < -0.3 is 4.90 Å². The summed E-state index contributed by atoms with van der Waals surface area (Å²) in [6.07, 6.45) is 5.11. The van der Waals surface area contributed by atoms with Gasteiger partial charge in [0.05, 0.1) is 10.7 Å². The minimum Gasteiger partial charge on any atom is -0.341 e. The Kier molecular flexibility index (Phi) is 3.13. The molecule has 0 bridgehead atoms. The summed E-state index contributed by atoms with van der Waals surface area (Å²) in [7, 11) is 0. The molecule has 1 saturated heterocycles. The van der Waals surface area contributed by atoms with Crippen LogP contribution in [0.25, 0.3) is 0 Å². The topological polar surface area (TPSA) is 33.2 Å². The van der Waals surface area contributed by atoms with E-state index in [0.29, 0.717) is 6.42 Å². The molecule has 1 unspecified atom stereocenters. The van der Waals surface area contributed by atoms with Crippen molar-refractivity contribution in [3.05, 3.63) is 15.6 Å². The number of hydrogen-bond donors (Lipinski definition) is 1. The third-order valence-electron chi connectivity index (χ3n) is 3.43. The first kappa shape index (κ1) is 11.5. The lowest BCUT2D eigenvalue weighted by molar-refractivity contribution is -0.127. The lowest BCUT2D eigenvalue weighted by Crippen LogP contribution is -2.27. The first-order valence-corrected chi connectivity index (χ1v) is 7.49. The van der Waals surface area contributed by atoms with E-state index in [9.17, 15) is 4.79 Å². The molecule has 0 N–H and O–H groups in total. The number of rotatable bonds is 3. The average molecular weight is 268 g/mol. The molecule has 17 heavy (non-hydrogen) atoms. The van der Waals surface area contributed by atoms with Gasteiger partial charge in [0.25, 0.3) is 0 Å². The zero-order valence-electron chi connectivity index (χ0n) is 9.69. The summed E-state index contributed by atoms with van der Waals surface area (Å²) >= 11 is 6.20. The minimum atomic E-state index is 0.226. The predicted octanol–water partition coefficient (Wildman–Crippen LogP) is 1.71. The summed E-state index contributed by atoms with van der Waals surface area (Å²) < 4.78 is 0. The van der Waals surface area contributed by atoms with E-state index >= 15 is 0 Å². The van der Waals surface area contributed by atoms with Gasteiger partial charge in [0.15, 0.2) is 0 Å². The van der Waals surface area contributed by atoms with Crippen molar-refractivity contribution < 1.29 is 4.79 Å². The molecule has 1 atom stereocenters. The van der Waals surface area contributed by atoms with Gasteiger partial charge in [0, 0.05) is 36.1 Å². The van der Waals surface area contributed by atoms with Crippen LogP contribution in [0.15, 0.2) is 0 Å². The highest BCUT2D eigenvalue weighted by molar-refractivity contribution is 7.81. The number of carbonyl (C=O) groups excluding carboxylic acids is 1. The highest BCUT2D eigenvalue weighted by Gasteiger charge is 2.27. The first-order valence-electron chi connectivity index (χ1n) is 6.15. The maximum Gasteiger partial charge on any atom is 0.223 e. The Bertz CT molecular complexity index is 422. The van der Waals surface area contributed by atoms with E-state index in [-0.39, 0.29) is 11.2 Å². The molecule has 1 aliphatic heterocycles. The Morgan fingerprint density at radius 3 is 3.06 bits per heavy atom. The van der Waals surface area contributed by atoms with Crippen molar-refractivity contribution >= 4 is 29.9 Å². The minimum absolute atomic E-state index is 0.226. The van der Waals surface area contributed by atoms with E-state index < -0.39 is 0 Å². The van der Waals surface area contributed by atoms with E-state index in [0.717, 1.165) is 25.9 Å². The number of likely N-dealkylation sites (tertiary alicyclic amines) is 1. The van der Waals surface area contributed by atoms with Gasteiger partial charge in [-0.2, -0.15) is 12.6 Å². The van der Waals surface area contributed by atoms with Crippen LogP contribution in [0.2, 0.25) is 0 Å². The van der Waals surface area contributed by atoms with Crippen molar-refractivity contribution in [2.24, 2.45) is 0 Å². The maximum atomic E-state index is 11.6. The van der Waals surface area contributed by atoms with E-state index in [1.54, 1.807) is 0 Å². The molecule has 5 heteroatoms. The van der Waals surface area contributed by atoms with Gasteiger partial charge in [0.1, 0.15) is 0 Å². The number of aryl methyl sites for hydroxylation is 2. The van der Waals surface area contributed by atoms with Crippen molar-refractivity contribution in [2.45, 2.75) is 37.4 Å². The normalized spacial score (nSPS) is 23.5. The summed E-state index contributed by atoms with van der Waals surface area (Å²) in [6, 6.07) is 0. The van der Waals surface area contributed by atoms with Gasteiger partial charge in [-0.1, -0.05) is 0 Å². The molecule has 0 aromatic carbocycles. The third kappa shape index (κ3) is 2.36. The van der Waals surface area contributed by atoms with Crippen molar-refractivity contribution in [1.29, 1.82) is 0 Å². The van der Waals surface area contributed by atoms with Crippen LogP contribution >= 0.6 is 24.0 Å². The van der Waals surface area contributed by atoms with Crippen LogP contribution in [0.4, 0.5) is 0 Å². The maximum absolute atomic E-state index is 11.6. The van der Waals surface area contributed by atoms with Gasteiger partial charge in [-0.3, -0.25) is 4.79 Å². The number of amides is 1. The number of thiol groups is 1. The van der Waals surface area contributed by atoms with Gasteiger partial charge in [-0.05, 0) is 19.3 Å².